The van der Waals surface area contributed by atoms with Gasteiger partial charge in [-0.25, -0.2) is 9.18 Å². The fraction of sp³-hybridized carbons (Fsp3) is 0.462. The first-order valence-corrected chi connectivity index (χ1v) is 5.88. The topological polar surface area (TPSA) is 40.5 Å². The predicted octanol–water partition coefficient (Wildman–Crippen LogP) is 3.15. The molecule has 3 nitrogen and oxygen atoms in total. The van der Waals surface area contributed by atoms with E-state index < -0.39 is 11.8 Å². The minimum absolute atomic E-state index is 0.0159. The van der Waals surface area contributed by atoms with Crippen molar-refractivity contribution in [3.63, 3.8) is 0 Å². The lowest BCUT2D eigenvalue weighted by Crippen LogP contribution is -2.25. The Morgan fingerprint density at radius 2 is 2.12 bits per heavy atom. The first-order valence-electron chi connectivity index (χ1n) is 5.88. The van der Waals surface area contributed by atoms with E-state index in [2.05, 4.69) is 6.92 Å². The number of hydrogen-bond donors (Lipinski definition) is 1. The molecule has 1 aromatic carbocycles. The number of hydrogen-bond acceptors (Lipinski definition) is 2. The standard InChI is InChI=1S/C13H18FNO2/c1-3-5-8-15(4-2)12-7-6-10(13(16)17)9-11(12)14/h6-7,9H,3-5,8H2,1-2H3,(H,16,17). The largest absolute Gasteiger partial charge is 0.478 e. The van der Waals surface area contributed by atoms with Crippen LogP contribution in [0.1, 0.15) is 37.0 Å². The maximum atomic E-state index is 13.8. The SMILES string of the molecule is CCCCN(CC)c1ccc(C(=O)O)cc1F. The molecule has 0 aromatic heterocycles. The second kappa shape index (κ2) is 6.23. The van der Waals surface area contributed by atoms with E-state index in [1.807, 2.05) is 11.8 Å². The number of unbranched alkanes of at least 4 members (excludes halogenated alkanes) is 1. The van der Waals surface area contributed by atoms with Crippen LogP contribution in [0.3, 0.4) is 0 Å². The zero-order valence-electron chi connectivity index (χ0n) is 10.2. The molecule has 0 aliphatic heterocycles. The Balaban J connectivity index is 2.92. The number of nitrogens with zero attached hydrogens (tertiary/aromatic N) is 1. The molecule has 0 unspecified atom stereocenters. The maximum absolute atomic E-state index is 13.8. The Hall–Kier alpha value is -1.58. The van der Waals surface area contributed by atoms with E-state index in [1.165, 1.54) is 12.1 Å². The number of benzene rings is 1. The molecule has 0 saturated carbocycles. The minimum Gasteiger partial charge on any atom is -0.478 e. The van der Waals surface area contributed by atoms with Gasteiger partial charge in [0.2, 0.25) is 0 Å². The molecule has 0 heterocycles. The summed E-state index contributed by atoms with van der Waals surface area (Å²) in [5.41, 5.74) is 0.462. The van der Waals surface area contributed by atoms with Gasteiger partial charge in [-0.1, -0.05) is 13.3 Å². The van der Waals surface area contributed by atoms with Crippen molar-refractivity contribution in [3.05, 3.63) is 29.6 Å². The zero-order chi connectivity index (χ0) is 12.8. The van der Waals surface area contributed by atoms with Crippen LogP contribution in [0.2, 0.25) is 0 Å². The van der Waals surface area contributed by atoms with Gasteiger partial charge in [0.15, 0.2) is 0 Å². The van der Waals surface area contributed by atoms with Crippen molar-refractivity contribution < 1.29 is 14.3 Å². The highest BCUT2D eigenvalue weighted by atomic mass is 19.1. The summed E-state index contributed by atoms with van der Waals surface area (Å²) in [6.45, 7) is 5.54. The highest BCUT2D eigenvalue weighted by Crippen LogP contribution is 2.21. The van der Waals surface area contributed by atoms with Crippen LogP contribution in [0, 0.1) is 5.82 Å². The molecule has 1 aromatic rings. The highest BCUT2D eigenvalue weighted by Gasteiger charge is 2.12. The van der Waals surface area contributed by atoms with Crippen molar-refractivity contribution in [1.82, 2.24) is 0 Å². The van der Waals surface area contributed by atoms with Gasteiger partial charge in [0.1, 0.15) is 5.82 Å². The second-order valence-corrected chi connectivity index (χ2v) is 3.90. The van der Waals surface area contributed by atoms with E-state index in [0.29, 0.717) is 12.2 Å². The molecule has 0 amide bonds. The van der Waals surface area contributed by atoms with Gasteiger partial charge in [0.05, 0.1) is 11.3 Å². The molecule has 0 spiro atoms. The molecular weight excluding hydrogens is 221 g/mol. The molecule has 1 N–H and O–H groups in total. The quantitative estimate of drug-likeness (QED) is 0.829. The Bertz CT molecular complexity index is 393. The molecule has 0 saturated heterocycles. The summed E-state index contributed by atoms with van der Waals surface area (Å²) >= 11 is 0. The normalized spacial score (nSPS) is 10.3. The fourth-order valence-corrected chi connectivity index (χ4v) is 1.69. The summed E-state index contributed by atoms with van der Waals surface area (Å²) in [4.78, 5) is 12.6. The molecule has 17 heavy (non-hydrogen) atoms. The fourth-order valence-electron chi connectivity index (χ4n) is 1.69. The van der Waals surface area contributed by atoms with Crippen LogP contribution in [0.4, 0.5) is 10.1 Å². The molecule has 0 bridgehead atoms. The Kier molecular flexibility index (Phi) is 4.94. The zero-order valence-corrected chi connectivity index (χ0v) is 10.2. The van der Waals surface area contributed by atoms with Crippen LogP contribution in [-0.4, -0.2) is 24.2 Å². The van der Waals surface area contributed by atoms with E-state index in [9.17, 15) is 9.18 Å². The Labute approximate surface area is 101 Å². The summed E-state index contributed by atoms with van der Waals surface area (Å²) in [6.07, 6.45) is 2.04. The average molecular weight is 239 g/mol. The van der Waals surface area contributed by atoms with Gasteiger partial charge >= 0.3 is 5.97 Å². The number of aromatic carboxylic acids is 1. The van der Waals surface area contributed by atoms with E-state index in [0.717, 1.165) is 25.5 Å². The average Bonchev–Trinajstić information content (AvgIpc) is 2.31. The van der Waals surface area contributed by atoms with Crippen LogP contribution in [0.5, 0.6) is 0 Å². The van der Waals surface area contributed by atoms with Gasteiger partial charge < -0.3 is 10.0 Å². The van der Waals surface area contributed by atoms with Gasteiger partial charge in [-0.3, -0.25) is 0 Å². The van der Waals surface area contributed by atoms with Gasteiger partial charge in [0.25, 0.3) is 0 Å². The minimum atomic E-state index is -1.10. The molecule has 4 heteroatoms. The lowest BCUT2D eigenvalue weighted by Gasteiger charge is -2.23. The molecule has 0 fully saturated rings. The summed E-state index contributed by atoms with van der Waals surface area (Å²) in [7, 11) is 0. The van der Waals surface area contributed by atoms with E-state index in [-0.39, 0.29) is 5.56 Å². The molecule has 1 rings (SSSR count). The van der Waals surface area contributed by atoms with Gasteiger partial charge in [-0.15, -0.1) is 0 Å². The molecule has 94 valence electrons. The van der Waals surface area contributed by atoms with Crippen LogP contribution in [0.25, 0.3) is 0 Å². The number of carboxylic acids is 1. The highest BCUT2D eigenvalue weighted by molar-refractivity contribution is 5.88. The predicted molar refractivity (Wildman–Crippen MR) is 66.2 cm³/mol. The van der Waals surface area contributed by atoms with Crippen molar-refractivity contribution in [2.75, 3.05) is 18.0 Å². The van der Waals surface area contributed by atoms with Crippen LogP contribution in [0.15, 0.2) is 18.2 Å². The molecular formula is C13H18FNO2. The van der Waals surface area contributed by atoms with Crippen molar-refractivity contribution in [2.24, 2.45) is 0 Å². The Morgan fingerprint density at radius 1 is 1.41 bits per heavy atom. The second-order valence-electron chi connectivity index (χ2n) is 3.90. The van der Waals surface area contributed by atoms with Gasteiger partial charge in [-0.05, 0) is 31.5 Å². The number of anilines is 1. The molecule has 0 radical (unpaired) electrons. The van der Waals surface area contributed by atoms with Gasteiger partial charge in [-0.2, -0.15) is 0 Å². The van der Waals surface area contributed by atoms with E-state index in [1.54, 1.807) is 0 Å². The number of rotatable bonds is 6. The third-order valence-corrected chi connectivity index (χ3v) is 2.70. The molecule has 0 atom stereocenters. The molecule has 0 aliphatic carbocycles. The first kappa shape index (κ1) is 13.5. The maximum Gasteiger partial charge on any atom is 0.335 e. The van der Waals surface area contributed by atoms with Crippen molar-refractivity contribution in [3.8, 4) is 0 Å². The van der Waals surface area contributed by atoms with Crippen molar-refractivity contribution in [2.45, 2.75) is 26.7 Å². The van der Waals surface area contributed by atoms with Crippen LogP contribution < -0.4 is 4.90 Å². The van der Waals surface area contributed by atoms with Crippen LogP contribution >= 0.6 is 0 Å². The molecule has 0 aliphatic rings. The monoisotopic (exact) mass is 239 g/mol. The summed E-state index contributed by atoms with van der Waals surface area (Å²) < 4.78 is 13.8. The van der Waals surface area contributed by atoms with E-state index in [4.69, 9.17) is 5.11 Å². The number of halogens is 1. The van der Waals surface area contributed by atoms with E-state index >= 15 is 0 Å². The summed E-state index contributed by atoms with van der Waals surface area (Å²) in [5.74, 6) is -1.57. The number of carboxylic acid groups (broad SMARTS) is 1. The van der Waals surface area contributed by atoms with Crippen LogP contribution in [-0.2, 0) is 0 Å². The summed E-state index contributed by atoms with van der Waals surface area (Å²) in [5, 5.41) is 8.76. The lowest BCUT2D eigenvalue weighted by atomic mass is 10.1. The Morgan fingerprint density at radius 3 is 2.59 bits per heavy atom. The number of carbonyl (C=O) groups is 1. The van der Waals surface area contributed by atoms with Gasteiger partial charge in [0, 0.05) is 13.1 Å². The van der Waals surface area contributed by atoms with Crippen molar-refractivity contribution in [1.29, 1.82) is 0 Å². The third kappa shape index (κ3) is 3.44. The first-order chi connectivity index (χ1) is 8.10. The summed E-state index contributed by atoms with van der Waals surface area (Å²) in [6, 6.07) is 4.06. The van der Waals surface area contributed by atoms with Crippen molar-refractivity contribution >= 4 is 11.7 Å². The smallest absolute Gasteiger partial charge is 0.335 e. The third-order valence-electron chi connectivity index (χ3n) is 2.70. The lowest BCUT2D eigenvalue weighted by molar-refractivity contribution is 0.0696.